The number of pyridine rings is 1. The predicted molar refractivity (Wildman–Crippen MR) is 131 cm³/mol. The molecule has 1 aliphatic rings. The molecular weight excluding hydrogens is 467 g/mol. The van der Waals surface area contributed by atoms with E-state index in [9.17, 15) is 18.8 Å². The van der Waals surface area contributed by atoms with Crippen LogP contribution in [0.25, 0.3) is 10.9 Å². The van der Waals surface area contributed by atoms with Gasteiger partial charge in [0.2, 0.25) is 11.3 Å². The largest absolute Gasteiger partial charge is 0.497 e. The van der Waals surface area contributed by atoms with Crippen LogP contribution in [0.1, 0.15) is 15.9 Å². The van der Waals surface area contributed by atoms with E-state index in [0.717, 1.165) is 12.1 Å². The topological polar surface area (TPSA) is 95.9 Å². The maximum Gasteiger partial charge on any atom is 0.244 e. The van der Waals surface area contributed by atoms with Gasteiger partial charge in [-0.05, 0) is 54.6 Å². The first-order valence-electron chi connectivity index (χ1n) is 11.1. The van der Waals surface area contributed by atoms with E-state index in [1.165, 1.54) is 29.0 Å². The van der Waals surface area contributed by atoms with E-state index in [1.807, 2.05) is 0 Å². The normalized spacial score (nSPS) is 12.3. The highest BCUT2D eigenvalue weighted by Crippen LogP contribution is 2.34. The SMILES string of the molecule is COc1ccc(NC(=O)Cn2cc(C(=O)c3ccc(F)cc3)c(=O)c3cc4c(cc32)OCCO4)cc1. The van der Waals surface area contributed by atoms with E-state index in [4.69, 9.17) is 14.2 Å². The lowest BCUT2D eigenvalue weighted by Gasteiger charge is -2.20. The van der Waals surface area contributed by atoms with Gasteiger partial charge in [-0.2, -0.15) is 0 Å². The van der Waals surface area contributed by atoms with E-state index >= 15 is 0 Å². The average Bonchev–Trinajstić information content (AvgIpc) is 2.90. The molecule has 0 fully saturated rings. The second-order valence-corrected chi connectivity index (χ2v) is 8.13. The molecule has 36 heavy (non-hydrogen) atoms. The minimum absolute atomic E-state index is 0.150. The summed E-state index contributed by atoms with van der Waals surface area (Å²) in [6.07, 6.45) is 1.35. The van der Waals surface area contributed by atoms with E-state index in [1.54, 1.807) is 37.4 Å². The Labute approximate surface area is 204 Å². The van der Waals surface area contributed by atoms with Gasteiger partial charge in [0.15, 0.2) is 17.3 Å². The number of amides is 1. The third-order valence-electron chi connectivity index (χ3n) is 5.78. The molecule has 2 heterocycles. The summed E-state index contributed by atoms with van der Waals surface area (Å²) in [5.41, 5.74) is 0.443. The molecule has 3 aromatic carbocycles. The zero-order valence-electron chi connectivity index (χ0n) is 19.2. The predicted octanol–water partition coefficient (Wildman–Crippen LogP) is 3.79. The van der Waals surface area contributed by atoms with Gasteiger partial charge in [0.1, 0.15) is 31.3 Å². The summed E-state index contributed by atoms with van der Waals surface area (Å²) in [6.45, 7) is 0.485. The summed E-state index contributed by atoms with van der Waals surface area (Å²) in [6, 6.07) is 14.9. The summed E-state index contributed by atoms with van der Waals surface area (Å²) in [5, 5.41) is 2.99. The van der Waals surface area contributed by atoms with Gasteiger partial charge in [-0.25, -0.2) is 4.39 Å². The fraction of sp³-hybridized carbons (Fsp3) is 0.148. The summed E-state index contributed by atoms with van der Waals surface area (Å²) < 4.78 is 31.3. The fourth-order valence-corrected chi connectivity index (χ4v) is 4.01. The van der Waals surface area contributed by atoms with Gasteiger partial charge in [-0.1, -0.05) is 0 Å². The maximum atomic E-state index is 13.4. The molecule has 4 aromatic rings. The Kier molecular flexibility index (Phi) is 6.12. The van der Waals surface area contributed by atoms with Gasteiger partial charge in [-0.15, -0.1) is 0 Å². The zero-order valence-corrected chi connectivity index (χ0v) is 19.2. The second kappa shape index (κ2) is 9.53. The van der Waals surface area contributed by atoms with Crippen LogP contribution >= 0.6 is 0 Å². The van der Waals surface area contributed by atoms with Crippen molar-refractivity contribution in [3.63, 3.8) is 0 Å². The van der Waals surface area contributed by atoms with Gasteiger partial charge in [0.05, 0.1) is 23.6 Å². The highest BCUT2D eigenvalue weighted by Gasteiger charge is 2.22. The molecule has 9 heteroatoms. The molecule has 182 valence electrons. The molecule has 0 unspecified atom stereocenters. The zero-order chi connectivity index (χ0) is 25.2. The molecule has 0 spiro atoms. The quantitative estimate of drug-likeness (QED) is 0.415. The van der Waals surface area contributed by atoms with Crippen LogP contribution < -0.4 is 25.0 Å². The number of benzene rings is 3. The minimum atomic E-state index is -0.582. The monoisotopic (exact) mass is 488 g/mol. The van der Waals surface area contributed by atoms with Gasteiger partial charge < -0.3 is 24.1 Å². The molecular formula is C27H21FN2O6. The minimum Gasteiger partial charge on any atom is -0.497 e. The van der Waals surface area contributed by atoms with Gasteiger partial charge >= 0.3 is 0 Å². The van der Waals surface area contributed by atoms with Crippen molar-refractivity contribution >= 4 is 28.3 Å². The number of nitrogens with one attached hydrogen (secondary N) is 1. The first kappa shape index (κ1) is 23.1. The van der Waals surface area contributed by atoms with Crippen LogP contribution in [0.5, 0.6) is 17.2 Å². The Balaban J connectivity index is 1.57. The molecule has 0 saturated heterocycles. The van der Waals surface area contributed by atoms with Crippen LogP contribution in [-0.2, 0) is 11.3 Å². The molecule has 8 nitrogen and oxygen atoms in total. The van der Waals surface area contributed by atoms with E-state index in [-0.39, 0.29) is 29.0 Å². The summed E-state index contributed by atoms with van der Waals surface area (Å²) in [4.78, 5) is 39.5. The van der Waals surface area contributed by atoms with Crippen LogP contribution in [0.3, 0.4) is 0 Å². The molecule has 5 rings (SSSR count). The van der Waals surface area contributed by atoms with Crippen LogP contribution in [0, 0.1) is 5.82 Å². The van der Waals surface area contributed by atoms with E-state index in [2.05, 4.69) is 5.32 Å². The van der Waals surface area contributed by atoms with Crippen LogP contribution in [0.2, 0.25) is 0 Å². The van der Waals surface area contributed by atoms with Crippen molar-refractivity contribution in [3.05, 3.63) is 94.0 Å². The number of carbonyl (C=O) groups excluding carboxylic acids is 2. The van der Waals surface area contributed by atoms with Gasteiger partial charge in [-0.3, -0.25) is 14.4 Å². The summed E-state index contributed by atoms with van der Waals surface area (Å²) in [7, 11) is 1.55. The summed E-state index contributed by atoms with van der Waals surface area (Å²) in [5.74, 6) is 0.0135. The summed E-state index contributed by atoms with van der Waals surface area (Å²) >= 11 is 0. The number of methoxy groups -OCH3 is 1. The number of ketones is 1. The van der Waals surface area contributed by atoms with Crippen molar-refractivity contribution in [3.8, 4) is 17.2 Å². The van der Waals surface area contributed by atoms with Crippen molar-refractivity contribution in [2.45, 2.75) is 6.54 Å². The molecule has 1 aromatic heterocycles. The molecule has 0 atom stereocenters. The van der Waals surface area contributed by atoms with Crippen LogP contribution in [-0.4, -0.2) is 36.6 Å². The maximum absolute atomic E-state index is 13.4. The number of hydrogen-bond acceptors (Lipinski definition) is 6. The van der Waals surface area contributed by atoms with Crippen molar-refractivity contribution in [1.82, 2.24) is 4.57 Å². The molecule has 1 amide bonds. The van der Waals surface area contributed by atoms with Crippen molar-refractivity contribution in [2.75, 3.05) is 25.6 Å². The number of ether oxygens (including phenoxy) is 3. The van der Waals surface area contributed by atoms with Crippen LogP contribution in [0.4, 0.5) is 10.1 Å². The fourth-order valence-electron chi connectivity index (χ4n) is 4.01. The van der Waals surface area contributed by atoms with Crippen LogP contribution in [0.15, 0.2) is 71.7 Å². The lowest BCUT2D eigenvalue weighted by Crippen LogP contribution is -2.25. The number of carbonyl (C=O) groups is 2. The number of aromatic nitrogens is 1. The number of anilines is 1. The lowest BCUT2D eigenvalue weighted by atomic mass is 10.0. The first-order chi connectivity index (χ1) is 17.4. The average molecular weight is 488 g/mol. The third kappa shape index (κ3) is 4.50. The van der Waals surface area contributed by atoms with Crippen molar-refractivity contribution in [1.29, 1.82) is 0 Å². The van der Waals surface area contributed by atoms with E-state index < -0.39 is 17.0 Å². The number of nitrogens with zero attached hydrogens (tertiary/aromatic N) is 1. The molecule has 1 N–H and O–H groups in total. The number of halogens is 1. The van der Waals surface area contributed by atoms with Crippen molar-refractivity contribution in [2.24, 2.45) is 0 Å². The number of hydrogen-bond donors (Lipinski definition) is 1. The third-order valence-corrected chi connectivity index (χ3v) is 5.78. The Morgan fingerprint density at radius 3 is 2.33 bits per heavy atom. The van der Waals surface area contributed by atoms with Gasteiger partial charge in [0, 0.05) is 23.5 Å². The molecule has 0 bridgehead atoms. The molecule has 0 saturated carbocycles. The van der Waals surface area contributed by atoms with Gasteiger partial charge in [0.25, 0.3) is 0 Å². The Morgan fingerprint density at radius 2 is 1.67 bits per heavy atom. The molecule has 0 radical (unpaired) electrons. The molecule has 0 aliphatic carbocycles. The van der Waals surface area contributed by atoms with Crippen molar-refractivity contribution < 1.29 is 28.2 Å². The number of fused-ring (bicyclic) bond motifs is 2. The Hall–Kier alpha value is -4.66. The van der Waals surface area contributed by atoms with E-state index in [0.29, 0.717) is 41.7 Å². The molecule has 1 aliphatic heterocycles. The Morgan fingerprint density at radius 1 is 1.00 bits per heavy atom. The smallest absolute Gasteiger partial charge is 0.244 e. The standard InChI is InChI=1S/C27H21FN2O6/c1-34-19-8-6-18(7-9-19)29-25(31)15-30-14-21(26(32)16-2-4-17(28)5-3-16)27(33)20-12-23-24(13-22(20)30)36-11-10-35-23/h2-9,12-14H,10-11,15H2,1H3,(H,29,31). The number of rotatable bonds is 6. The highest BCUT2D eigenvalue weighted by atomic mass is 19.1. The Bertz CT molecular complexity index is 1530. The second-order valence-electron chi connectivity index (χ2n) is 8.13. The highest BCUT2D eigenvalue weighted by molar-refractivity contribution is 6.10. The first-order valence-corrected chi connectivity index (χ1v) is 11.1. The lowest BCUT2D eigenvalue weighted by molar-refractivity contribution is -0.116.